The Morgan fingerprint density at radius 2 is 0.936 bits per heavy atom. The van der Waals surface area contributed by atoms with Crippen molar-refractivity contribution in [2.45, 2.75) is 112 Å². The molecule has 0 spiro atoms. The van der Waals surface area contributed by atoms with Crippen LogP contribution in [0.5, 0.6) is 5.75 Å². The van der Waals surface area contributed by atoms with Gasteiger partial charge in [0.05, 0.1) is 25.2 Å². The summed E-state index contributed by atoms with van der Waals surface area (Å²) in [6.45, 7) is 0.338. The van der Waals surface area contributed by atoms with Gasteiger partial charge in [0.15, 0.2) is 0 Å². The number of hydrogen-bond acceptors (Lipinski definition) is 3. The van der Waals surface area contributed by atoms with Gasteiger partial charge in [0.2, 0.25) is 0 Å². The molecule has 0 saturated carbocycles. The van der Waals surface area contributed by atoms with Crippen LogP contribution in [0, 0.1) is 0 Å². The molecule has 0 unspecified atom stereocenters. The predicted octanol–water partition coefficient (Wildman–Crippen LogP) is 10.8. The van der Waals surface area contributed by atoms with Crippen molar-refractivity contribution in [3.05, 3.63) is 29.8 Å². The predicted molar refractivity (Wildman–Crippen MR) is 130 cm³/mol. The van der Waals surface area contributed by atoms with Gasteiger partial charge in [0.25, 0.3) is 0 Å². The van der Waals surface area contributed by atoms with E-state index in [-0.39, 0.29) is 12.2 Å². The van der Waals surface area contributed by atoms with Gasteiger partial charge in [-0.1, -0.05) is 51.9 Å². The molecule has 47 heavy (non-hydrogen) atoms. The van der Waals surface area contributed by atoms with E-state index in [1.165, 1.54) is 0 Å². The van der Waals surface area contributed by atoms with Gasteiger partial charge in [0, 0.05) is 0 Å². The molecular weight excluding hydrogens is 695 g/mol. The van der Waals surface area contributed by atoms with Gasteiger partial charge in [0.1, 0.15) is 5.75 Å². The highest BCUT2D eigenvalue weighted by Gasteiger charge is 2.95. The molecule has 0 aliphatic heterocycles. The van der Waals surface area contributed by atoms with E-state index in [0.717, 1.165) is 69.2 Å². The van der Waals surface area contributed by atoms with Gasteiger partial charge in [-0.3, -0.25) is 0 Å². The van der Waals surface area contributed by atoms with E-state index in [9.17, 15) is 79.4 Å². The largest absolute Gasteiger partial charge is 0.493 e. The molecule has 0 bridgehead atoms. The third kappa shape index (κ3) is 8.67. The SMILES string of the molecule is CCCCCCCCCCOC(=O)c1ccc(OCCC(F)(F)C(F)(F)C(F)(F)C(F)(F)C(F)(F)C(F)(F)C(F)(F)C(F)(F)F)cc1. The number of unbranched alkanes of at least 4 members (excludes halogenated alkanes) is 7. The van der Waals surface area contributed by atoms with Crippen LogP contribution in [0.2, 0.25) is 0 Å². The first-order valence-electron chi connectivity index (χ1n) is 13.8. The lowest BCUT2D eigenvalue weighted by molar-refractivity contribution is -0.461. The number of hydrogen-bond donors (Lipinski definition) is 0. The van der Waals surface area contributed by atoms with Crippen molar-refractivity contribution in [3.63, 3.8) is 0 Å². The van der Waals surface area contributed by atoms with Crippen LogP contribution in [-0.4, -0.2) is 66.8 Å². The fourth-order valence-electron chi connectivity index (χ4n) is 3.82. The van der Waals surface area contributed by atoms with Crippen molar-refractivity contribution in [2.24, 2.45) is 0 Å². The highest BCUT2D eigenvalue weighted by molar-refractivity contribution is 5.89. The molecule has 0 heterocycles. The molecule has 3 nitrogen and oxygen atoms in total. The summed E-state index contributed by atoms with van der Waals surface area (Å²) in [4.78, 5) is 12.1. The lowest BCUT2D eigenvalue weighted by atomic mass is 9.88. The summed E-state index contributed by atoms with van der Waals surface area (Å²) in [5.41, 5.74) is -0.121. The lowest BCUT2D eigenvalue weighted by Crippen LogP contribution is -2.74. The smallest absolute Gasteiger partial charge is 0.460 e. The summed E-state index contributed by atoms with van der Waals surface area (Å²) < 4.78 is 236. The zero-order valence-corrected chi connectivity index (χ0v) is 24.2. The van der Waals surface area contributed by atoms with Crippen LogP contribution in [0.25, 0.3) is 0 Å². The summed E-state index contributed by atoms with van der Waals surface area (Å²) in [5.74, 6) is -58.1. The van der Waals surface area contributed by atoms with Crippen LogP contribution in [0.15, 0.2) is 24.3 Å². The Morgan fingerprint density at radius 3 is 1.38 bits per heavy atom. The molecule has 0 aromatic heterocycles. The maximum atomic E-state index is 14.0. The zero-order valence-electron chi connectivity index (χ0n) is 24.2. The number of carbonyl (C=O) groups excluding carboxylic acids is 1. The minimum Gasteiger partial charge on any atom is -0.493 e. The Bertz CT molecular complexity index is 1130. The molecule has 20 heteroatoms. The van der Waals surface area contributed by atoms with Crippen LogP contribution in [0.3, 0.4) is 0 Å². The third-order valence-corrected chi connectivity index (χ3v) is 6.79. The highest BCUT2D eigenvalue weighted by atomic mass is 19.4. The molecule has 1 aromatic rings. The van der Waals surface area contributed by atoms with Gasteiger partial charge >= 0.3 is 53.6 Å². The first-order chi connectivity index (χ1) is 21.2. The number of halogens is 17. The second-order valence-corrected chi connectivity index (χ2v) is 10.4. The van der Waals surface area contributed by atoms with Gasteiger partial charge in [-0.15, -0.1) is 0 Å². The summed E-state index contributed by atoms with van der Waals surface area (Å²) in [5, 5.41) is 0. The minimum absolute atomic E-state index is 0.0490. The number of esters is 1. The number of alkyl halides is 17. The minimum atomic E-state index is -8.67. The van der Waals surface area contributed by atoms with Crippen LogP contribution in [0.1, 0.15) is 75.1 Å². The fraction of sp³-hybridized carbons (Fsp3) is 0.741. The first-order valence-corrected chi connectivity index (χ1v) is 13.8. The molecule has 0 fully saturated rings. The van der Waals surface area contributed by atoms with E-state index in [1.54, 1.807) is 0 Å². The molecule has 1 rings (SSSR count). The monoisotopic (exact) mass is 724 g/mol. The normalized spacial score (nSPS) is 14.3. The molecule has 0 aliphatic rings. The Morgan fingerprint density at radius 1 is 0.532 bits per heavy atom. The number of carbonyl (C=O) groups is 1. The summed E-state index contributed by atoms with van der Waals surface area (Å²) in [6.07, 6.45) is -2.86. The summed E-state index contributed by atoms with van der Waals surface area (Å²) >= 11 is 0. The van der Waals surface area contributed by atoms with Gasteiger partial charge in [-0.05, 0) is 30.7 Å². The molecule has 0 saturated heterocycles. The van der Waals surface area contributed by atoms with Crippen LogP contribution >= 0.6 is 0 Å². The number of ether oxygens (including phenoxy) is 2. The van der Waals surface area contributed by atoms with Crippen LogP contribution in [0.4, 0.5) is 74.6 Å². The summed E-state index contributed by atoms with van der Waals surface area (Å²) in [7, 11) is 0. The molecule has 0 amide bonds. The molecule has 0 aliphatic carbocycles. The van der Waals surface area contributed by atoms with Gasteiger partial charge in [-0.25, -0.2) is 4.79 Å². The van der Waals surface area contributed by atoms with Crippen molar-refractivity contribution in [1.82, 2.24) is 0 Å². The zero-order chi connectivity index (χ0) is 36.8. The first kappa shape index (κ1) is 42.3. The Labute approximate surface area is 256 Å². The average molecular weight is 724 g/mol. The van der Waals surface area contributed by atoms with Crippen LogP contribution < -0.4 is 4.74 Å². The van der Waals surface area contributed by atoms with E-state index in [0.29, 0.717) is 6.42 Å². The second-order valence-electron chi connectivity index (χ2n) is 10.4. The average Bonchev–Trinajstić information content (AvgIpc) is 2.95. The standard InChI is InChI=1S/C27H29F17O3/c1-2-3-4-5-6-7-8-9-15-47-19(45)17-10-12-18(13-11-17)46-16-14-20(28,29)21(30,31)22(32,33)23(34,35)24(36,37)25(38,39)26(40,41)27(42,43)44/h10-13H,2-9,14-16H2,1H3. The van der Waals surface area contributed by atoms with Crippen molar-refractivity contribution in [3.8, 4) is 5.75 Å². The fourth-order valence-corrected chi connectivity index (χ4v) is 3.82. The third-order valence-electron chi connectivity index (χ3n) is 6.79. The van der Waals surface area contributed by atoms with Crippen LogP contribution in [-0.2, 0) is 4.74 Å². The van der Waals surface area contributed by atoms with Crippen molar-refractivity contribution in [2.75, 3.05) is 13.2 Å². The lowest BCUT2D eigenvalue weighted by Gasteiger charge is -2.42. The van der Waals surface area contributed by atoms with Gasteiger partial charge < -0.3 is 9.47 Å². The molecule has 0 atom stereocenters. The Balaban J connectivity index is 2.88. The molecule has 0 N–H and O–H groups in total. The Kier molecular flexibility index (Phi) is 13.7. The van der Waals surface area contributed by atoms with E-state index in [2.05, 4.69) is 11.7 Å². The van der Waals surface area contributed by atoms with Crippen molar-refractivity contribution in [1.29, 1.82) is 0 Å². The van der Waals surface area contributed by atoms with E-state index in [4.69, 9.17) is 4.74 Å². The molecular formula is C27H29F17O3. The second kappa shape index (κ2) is 15.2. The maximum absolute atomic E-state index is 14.0. The van der Waals surface area contributed by atoms with E-state index >= 15 is 0 Å². The topological polar surface area (TPSA) is 35.5 Å². The number of benzene rings is 1. The van der Waals surface area contributed by atoms with Crippen molar-refractivity contribution < 1.29 is 88.9 Å². The van der Waals surface area contributed by atoms with Crippen molar-refractivity contribution >= 4 is 5.97 Å². The maximum Gasteiger partial charge on any atom is 0.460 e. The van der Waals surface area contributed by atoms with E-state index in [1.807, 2.05) is 0 Å². The quantitative estimate of drug-likeness (QED) is 0.0763. The number of rotatable bonds is 20. The highest BCUT2D eigenvalue weighted by Crippen LogP contribution is 2.64. The Hall–Kier alpha value is -2.70. The molecule has 0 radical (unpaired) electrons. The van der Waals surface area contributed by atoms with E-state index < -0.39 is 72.4 Å². The summed E-state index contributed by atoms with van der Waals surface area (Å²) in [6, 6.07) is 3.67. The molecule has 274 valence electrons. The van der Waals surface area contributed by atoms with Gasteiger partial charge in [-0.2, -0.15) is 74.6 Å². The molecule has 1 aromatic carbocycles.